The van der Waals surface area contributed by atoms with Gasteiger partial charge in [0.05, 0.1) is 22.1 Å². The zero-order valence-corrected chi connectivity index (χ0v) is 24.4. The molecule has 205 valence electrons. The standard InChI is InChI=1S/C34H32N5O2/c1-33(2)34(3,4)39(41)32(38(33)40)19-16-17-25-22(18-19)28-30-26(21-13-9-11-15-24(21)36(30)6)29-27(31(28)37(25)7)20-12-8-10-14-23(20)35(29)5/h8-18H,1-7H3. The molecule has 0 saturated heterocycles. The van der Waals surface area contributed by atoms with Gasteiger partial charge in [0.2, 0.25) is 0 Å². The van der Waals surface area contributed by atoms with Crippen LogP contribution in [0.25, 0.3) is 65.4 Å². The predicted molar refractivity (Wildman–Crippen MR) is 167 cm³/mol. The molecule has 0 atom stereocenters. The van der Waals surface area contributed by atoms with Crippen molar-refractivity contribution in [3.05, 3.63) is 77.5 Å². The van der Waals surface area contributed by atoms with Crippen molar-refractivity contribution in [1.82, 2.24) is 18.8 Å². The van der Waals surface area contributed by atoms with Gasteiger partial charge in [0.1, 0.15) is 5.54 Å². The number of aryl methyl sites for hydroxylation is 3. The van der Waals surface area contributed by atoms with Crippen molar-refractivity contribution in [2.24, 2.45) is 21.1 Å². The molecule has 1 aliphatic heterocycles. The van der Waals surface area contributed by atoms with Gasteiger partial charge < -0.3 is 18.9 Å². The summed E-state index contributed by atoms with van der Waals surface area (Å²) < 4.78 is 7.80. The maximum Gasteiger partial charge on any atom is 0.316 e. The zero-order valence-electron chi connectivity index (χ0n) is 24.4. The fourth-order valence-electron chi connectivity index (χ4n) is 7.31. The Morgan fingerprint density at radius 1 is 0.634 bits per heavy atom. The highest BCUT2D eigenvalue weighted by atomic mass is 16.5. The van der Waals surface area contributed by atoms with Gasteiger partial charge in [0, 0.05) is 75.2 Å². The Bertz CT molecular complexity index is 2290. The van der Waals surface area contributed by atoms with Gasteiger partial charge in [0.15, 0.2) is 5.54 Å². The first-order valence-corrected chi connectivity index (χ1v) is 14.1. The lowest BCUT2D eigenvalue weighted by Crippen LogP contribution is -2.53. The van der Waals surface area contributed by atoms with Crippen molar-refractivity contribution < 1.29 is 9.95 Å². The number of amidine groups is 1. The topological polar surface area (TPSA) is 64.0 Å². The second-order valence-corrected chi connectivity index (χ2v) is 12.6. The highest BCUT2D eigenvalue weighted by Crippen LogP contribution is 2.47. The van der Waals surface area contributed by atoms with Gasteiger partial charge in [-0.1, -0.05) is 41.5 Å². The number of nitrogens with zero attached hydrogens (tertiary/aromatic N) is 5. The molecule has 0 bridgehead atoms. The molecular formula is C34H32N5O2. The molecule has 8 rings (SSSR count). The van der Waals surface area contributed by atoms with Crippen LogP contribution in [0.3, 0.4) is 0 Å². The molecule has 0 amide bonds. The molecule has 4 aromatic carbocycles. The maximum absolute atomic E-state index is 13.6. The third-order valence-electron chi connectivity index (χ3n) is 10.3. The lowest BCUT2D eigenvalue weighted by molar-refractivity contribution is -0.539. The maximum atomic E-state index is 13.6. The Kier molecular flexibility index (Phi) is 4.40. The highest BCUT2D eigenvalue weighted by molar-refractivity contribution is 6.39. The number of benzene rings is 4. The Morgan fingerprint density at radius 3 is 1.54 bits per heavy atom. The van der Waals surface area contributed by atoms with Crippen LogP contribution in [0.2, 0.25) is 0 Å². The van der Waals surface area contributed by atoms with Crippen LogP contribution in [0.1, 0.15) is 33.3 Å². The molecule has 0 saturated carbocycles. The number of hydroxylamine groups is 3. The van der Waals surface area contributed by atoms with Crippen molar-refractivity contribution in [1.29, 1.82) is 0 Å². The molecule has 7 nitrogen and oxygen atoms in total. The first kappa shape index (κ1) is 24.3. The predicted octanol–water partition coefficient (Wildman–Crippen LogP) is 7.10. The van der Waals surface area contributed by atoms with E-state index in [9.17, 15) is 10.4 Å². The monoisotopic (exact) mass is 542 g/mol. The average Bonchev–Trinajstić information content (AvgIpc) is 3.57. The minimum absolute atomic E-state index is 0.165. The van der Waals surface area contributed by atoms with Crippen LogP contribution in [-0.4, -0.2) is 40.4 Å². The fraction of sp³-hybridized carbons (Fsp3) is 0.265. The molecule has 3 aromatic heterocycles. The Balaban J connectivity index is 1.63. The van der Waals surface area contributed by atoms with E-state index in [1.54, 1.807) is 0 Å². The summed E-state index contributed by atoms with van der Waals surface area (Å²) in [6.07, 6.45) is 0. The summed E-state index contributed by atoms with van der Waals surface area (Å²) in [6.45, 7) is 7.35. The summed E-state index contributed by atoms with van der Waals surface area (Å²) in [5.74, 6) is 0.165. The Morgan fingerprint density at radius 2 is 1.07 bits per heavy atom. The van der Waals surface area contributed by atoms with Gasteiger partial charge in [-0.15, -0.1) is 0 Å². The second-order valence-electron chi connectivity index (χ2n) is 12.6. The van der Waals surface area contributed by atoms with Crippen LogP contribution in [0.5, 0.6) is 0 Å². The summed E-state index contributed by atoms with van der Waals surface area (Å²) in [7, 11) is 6.41. The summed E-state index contributed by atoms with van der Waals surface area (Å²) in [5, 5.41) is 35.1. The molecule has 0 unspecified atom stereocenters. The van der Waals surface area contributed by atoms with Crippen LogP contribution in [0.15, 0.2) is 66.7 Å². The minimum Gasteiger partial charge on any atom is -0.714 e. The van der Waals surface area contributed by atoms with Crippen LogP contribution in [0.4, 0.5) is 0 Å². The van der Waals surface area contributed by atoms with Crippen molar-refractivity contribution in [2.75, 3.05) is 0 Å². The largest absolute Gasteiger partial charge is 0.714 e. The van der Waals surface area contributed by atoms with E-state index in [1.165, 1.54) is 38.1 Å². The molecule has 0 aliphatic carbocycles. The SMILES string of the molecule is Cn1c2ccccc2c2c1c1c3ccccc3n(C)c1c1c3cc(C4=[N+]([O-])C(C)(C)C(C)(C)N4[O])ccc3n(C)c21. The molecule has 41 heavy (non-hydrogen) atoms. The van der Waals surface area contributed by atoms with Crippen molar-refractivity contribution in [3.63, 3.8) is 0 Å². The summed E-state index contributed by atoms with van der Waals surface area (Å²) in [4.78, 5) is 0. The smallest absolute Gasteiger partial charge is 0.316 e. The lowest BCUT2D eigenvalue weighted by atomic mass is 9.84. The van der Waals surface area contributed by atoms with E-state index < -0.39 is 11.1 Å². The van der Waals surface area contributed by atoms with Crippen molar-refractivity contribution in [2.45, 2.75) is 38.8 Å². The third kappa shape index (κ3) is 2.61. The first-order chi connectivity index (χ1) is 19.5. The fourth-order valence-corrected chi connectivity index (χ4v) is 7.31. The van der Waals surface area contributed by atoms with Gasteiger partial charge in [-0.2, -0.15) is 0 Å². The minimum atomic E-state index is -0.879. The molecule has 0 spiro atoms. The highest BCUT2D eigenvalue weighted by Gasteiger charge is 2.60. The van der Waals surface area contributed by atoms with E-state index in [4.69, 9.17) is 0 Å². The molecule has 4 heterocycles. The Hall–Kier alpha value is -4.49. The van der Waals surface area contributed by atoms with Crippen molar-refractivity contribution in [3.8, 4) is 0 Å². The van der Waals surface area contributed by atoms with Crippen LogP contribution >= 0.6 is 0 Å². The molecular weight excluding hydrogens is 510 g/mol. The summed E-state index contributed by atoms with van der Waals surface area (Å²) >= 11 is 0. The van der Waals surface area contributed by atoms with E-state index in [0.717, 1.165) is 37.1 Å². The Labute approximate surface area is 237 Å². The number of fused-ring (bicyclic) bond motifs is 12. The first-order valence-electron chi connectivity index (χ1n) is 14.1. The van der Waals surface area contributed by atoms with E-state index in [1.807, 2.05) is 39.8 Å². The van der Waals surface area contributed by atoms with Crippen molar-refractivity contribution >= 4 is 71.3 Å². The number of rotatable bonds is 1. The number of para-hydroxylation sites is 2. The summed E-state index contributed by atoms with van der Waals surface area (Å²) in [5.41, 5.74) is 5.80. The molecule has 1 aliphatic rings. The summed E-state index contributed by atoms with van der Waals surface area (Å²) in [6, 6.07) is 23.2. The van der Waals surface area contributed by atoms with Crippen LogP contribution in [-0.2, 0) is 26.4 Å². The van der Waals surface area contributed by atoms with Gasteiger partial charge in [-0.3, -0.25) is 4.74 Å². The zero-order chi connectivity index (χ0) is 28.7. The number of hydrogen-bond acceptors (Lipinski definition) is 2. The lowest BCUT2D eigenvalue weighted by Gasteiger charge is -2.32. The van der Waals surface area contributed by atoms with Gasteiger partial charge >= 0.3 is 5.84 Å². The molecule has 0 N–H and O–H groups in total. The quantitative estimate of drug-likeness (QED) is 0.164. The molecule has 1 radical (unpaired) electrons. The molecule has 7 heteroatoms. The van der Waals surface area contributed by atoms with Gasteiger partial charge in [0.25, 0.3) is 0 Å². The van der Waals surface area contributed by atoms with E-state index in [0.29, 0.717) is 5.56 Å². The number of hydrogen-bond donors (Lipinski definition) is 0. The van der Waals surface area contributed by atoms with E-state index >= 15 is 0 Å². The number of aromatic nitrogens is 3. The van der Waals surface area contributed by atoms with E-state index in [-0.39, 0.29) is 5.84 Å². The van der Waals surface area contributed by atoms with Gasteiger partial charge in [-0.25, -0.2) is 0 Å². The third-order valence-corrected chi connectivity index (χ3v) is 10.3. The van der Waals surface area contributed by atoms with E-state index in [2.05, 4.69) is 89.4 Å². The normalized spacial score (nSPS) is 17.1. The van der Waals surface area contributed by atoms with Crippen LogP contribution < -0.4 is 0 Å². The average molecular weight is 543 g/mol. The van der Waals surface area contributed by atoms with Gasteiger partial charge in [-0.05, 0) is 58.0 Å². The van der Waals surface area contributed by atoms with Crippen LogP contribution in [0, 0.1) is 5.21 Å². The molecule has 0 fully saturated rings. The molecule has 7 aromatic rings. The second kappa shape index (κ2) is 7.42.